The first kappa shape index (κ1) is 12.7. The van der Waals surface area contributed by atoms with Crippen LogP contribution in [-0.2, 0) is 23.9 Å². The van der Waals surface area contributed by atoms with Crippen molar-refractivity contribution in [1.29, 1.82) is 0 Å². The number of fused-ring (bicyclic) bond motifs is 4. The van der Waals surface area contributed by atoms with Gasteiger partial charge < -0.3 is 4.74 Å². The molecule has 0 radical (unpaired) electrons. The number of allylic oxidation sites excluding steroid dienone is 2. The first-order valence-electron chi connectivity index (χ1n) is 7.15. The van der Waals surface area contributed by atoms with E-state index in [-0.39, 0.29) is 36.2 Å². The molecule has 21 heavy (non-hydrogen) atoms. The molecule has 0 aromatic carbocycles. The summed E-state index contributed by atoms with van der Waals surface area (Å²) in [4.78, 5) is 48.0. The summed E-state index contributed by atoms with van der Waals surface area (Å²) in [7, 11) is 0. The van der Waals surface area contributed by atoms with Gasteiger partial charge >= 0.3 is 11.9 Å². The summed E-state index contributed by atoms with van der Waals surface area (Å²) in [6, 6.07) is 0. The molecule has 0 aliphatic heterocycles. The molecular weight excluding hydrogens is 272 g/mol. The van der Waals surface area contributed by atoms with Gasteiger partial charge in [0.05, 0.1) is 10.8 Å². The van der Waals surface area contributed by atoms with Crippen LogP contribution in [0.5, 0.6) is 0 Å². The Morgan fingerprint density at radius 2 is 1.33 bits per heavy atom. The molecule has 2 fully saturated rings. The lowest BCUT2D eigenvalue weighted by molar-refractivity contribution is -0.171. The van der Waals surface area contributed by atoms with Gasteiger partial charge in [0.25, 0.3) is 0 Å². The van der Waals surface area contributed by atoms with E-state index in [4.69, 9.17) is 4.74 Å². The van der Waals surface area contributed by atoms with Crippen LogP contribution >= 0.6 is 0 Å². The van der Waals surface area contributed by atoms with E-state index in [0.29, 0.717) is 12.8 Å². The standard InChI is InChI=1S/C16H14O5/c17-11-7-15(3-1-9(11)5-15)13(19)21-14(20)16-4-2-10(6-16)12(18)8-16/h1-4,9-10H,5-8H2. The minimum absolute atomic E-state index is 0.0249. The summed E-state index contributed by atoms with van der Waals surface area (Å²) in [6.45, 7) is 0. The fraction of sp³-hybridized carbons (Fsp3) is 0.500. The SMILES string of the molecule is O=C1CC2(C(=O)OC(=O)C34C=CC(C3)C(=O)C4)C=CC1C2. The second-order valence-corrected chi connectivity index (χ2v) is 6.61. The number of esters is 2. The van der Waals surface area contributed by atoms with Gasteiger partial charge in [-0.3, -0.25) is 19.2 Å². The molecule has 108 valence electrons. The third-order valence-corrected chi connectivity index (χ3v) is 5.27. The molecular formula is C16H14O5. The van der Waals surface area contributed by atoms with Crippen LogP contribution in [0.3, 0.4) is 0 Å². The van der Waals surface area contributed by atoms with Crippen LogP contribution in [0.1, 0.15) is 25.7 Å². The van der Waals surface area contributed by atoms with Gasteiger partial charge in [0.2, 0.25) is 0 Å². The predicted molar refractivity (Wildman–Crippen MR) is 69.7 cm³/mol. The zero-order valence-corrected chi connectivity index (χ0v) is 11.3. The van der Waals surface area contributed by atoms with Crippen LogP contribution in [0.15, 0.2) is 24.3 Å². The number of carbonyl (C=O) groups excluding carboxylic acids is 4. The molecule has 5 nitrogen and oxygen atoms in total. The van der Waals surface area contributed by atoms with Gasteiger partial charge in [-0.15, -0.1) is 0 Å². The van der Waals surface area contributed by atoms with Gasteiger partial charge in [0.1, 0.15) is 11.6 Å². The lowest BCUT2D eigenvalue weighted by Gasteiger charge is -2.24. The topological polar surface area (TPSA) is 77.5 Å². The van der Waals surface area contributed by atoms with Gasteiger partial charge in [0, 0.05) is 24.7 Å². The molecule has 4 bridgehead atoms. The molecule has 4 aliphatic rings. The molecule has 4 rings (SSSR count). The van der Waals surface area contributed by atoms with Gasteiger partial charge in [-0.25, -0.2) is 0 Å². The van der Waals surface area contributed by atoms with Gasteiger partial charge in [-0.05, 0) is 12.8 Å². The molecule has 2 saturated carbocycles. The molecule has 4 aliphatic carbocycles. The smallest absolute Gasteiger partial charge is 0.324 e. The van der Waals surface area contributed by atoms with Crippen molar-refractivity contribution in [2.75, 3.05) is 0 Å². The first-order valence-corrected chi connectivity index (χ1v) is 7.15. The second kappa shape index (κ2) is 3.78. The van der Waals surface area contributed by atoms with Gasteiger partial charge in [-0.2, -0.15) is 0 Å². The fourth-order valence-electron chi connectivity index (χ4n) is 3.98. The Labute approximate surface area is 121 Å². The average molecular weight is 286 g/mol. The number of Topliss-reactive ketones (excluding diaryl/α,β-unsaturated/α-hetero) is 2. The molecule has 0 N–H and O–H groups in total. The number of rotatable bonds is 2. The van der Waals surface area contributed by atoms with E-state index in [1.807, 2.05) is 0 Å². The van der Waals surface area contributed by atoms with E-state index in [0.717, 1.165) is 0 Å². The lowest BCUT2D eigenvalue weighted by atomic mass is 9.86. The van der Waals surface area contributed by atoms with E-state index in [9.17, 15) is 19.2 Å². The van der Waals surface area contributed by atoms with E-state index < -0.39 is 22.8 Å². The Morgan fingerprint density at radius 1 is 0.905 bits per heavy atom. The van der Waals surface area contributed by atoms with E-state index >= 15 is 0 Å². The largest absolute Gasteiger partial charge is 0.392 e. The van der Waals surface area contributed by atoms with Crippen LogP contribution < -0.4 is 0 Å². The highest BCUT2D eigenvalue weighted by Crippen LogP contribution is 2.50. The van der Waals surface area contributed by atoms with Crippen LogP contribution in [-0.4, -0.2) is 23.5 Å². The fourth-order valence-corrected chi connectivity index (χ4v) is 3.98. The van der Waals surface area contributed by atoms with Crippen molar-refractivity contribution in [2.24, 2.45) is 22.7 Å². The van der Waals surface area contributed by atoms with E-state index in [1.54, 1.807) is 24.3 Å². The van der Waals surface area contributed by atoms with Crippen molar-refractivity contribution >= 4 is 23.5 Å². The third-order valence-electron chi connectivity index (χ3n) is 5.27. The quantitative estimate of drug-likeness (QED) is 0.432. The molecule has 0 spiro atoms. The highest BCUT2D eigenvalue weighted by molar-refractivity contribution is 6.03. The Kier molecular flexibility index (Phi) is 2.28. The van der Waals surface area contributed by atoms with E-state index in [1.165, 1.54) is 0 Å². The molecule has 0 heterocycles. The van der Waals surface area contributed by atoms with Crippen molar-refractivity contribution < 1.29 is 23.9 Å². The summed E-state index contributed by atoms with van der Waals surface area (Å²) in [6.07, 6.45) is 7.87. The highest BCUT2D eigenvalue weighted by atomic mass is 16.6. The molecule has 0 aromatic heterocycles. The molecule has 4 atom stereocenters. The van der Waals surface area contributed by atoms with Crippen molar-refractivity contribution in [1.82, 2.24) is 0 Å². The number of ether oxygens (including phenoxy) is 1. The Bertz CT molecular complexity index is 602. The van der Waals surface area contributed by atoms with Crippen LogP contribution in [0.25, 0.3) is 0 Å². The summed E-state index contributed by atoms with van der Waals surface area (Å²) in [5.74, 6) is -1.68. The van der Waals surface area contributed by atoms with Crippen molar-refractivity contribution in [3.63, 3.8) is 0 Å². The summed E-state index contributed by atoms with van der Waals surface area (Å²) >= 11 is 0. The highest BCUT2D eigenvalue weighted by Gasteiger charge is 2.56. The van der Waals surface area contributed by atoms with E-state index in [2.05, 4.69) is 0 Å². The number of ketones is 2. The monoisotopic (exact) mass is 286 g/mol. The summed E-state index contributed by atoms with van der Waals surface area (Å²) in [5, 5.41) is 0. The van der Waals surface area contributed by atoms with Crippen molar-refractivity contribution in [3.05, 3.63) is 24.3 Å². The molecule has 0 saturated heterocycles. The molecule has 0 amide bonds. The molecule has 5 heteroatoms. The van der Waals surface area contributed by atoms with Crippen LogP contribution in [0, 0.1) is 22.7 Å². The van der Waals surface area contributed by atoms with Crippen LogP contribution in [0.4, 0.5) is 0 Å². The average Bonchev–Trinajstić information content (AvgIpc) is 3.16. The maximum absolute atomic E-state index is 12.3. The first-order chi connectivity index (χ1) is 9.94. The van der Waals surface area contributed by atoms with Crippen molar-refractivity contribution in [3.8, 4) is 0 Å². The Morgan fingerprint density at radius 3 is 1.62 bits per heavy atom. The van der Waals surface area contributed by atoms with Gasteiger partial charge in [0.15, 0.2) is 0 Å². The lowest BCUT2D eigenvalue weighted by Crippen LogP contribution is -2.36. The number of hydrogen-bond acceptors (Lipinski definition) is 5. The second-order valence-electron chi connectivity index (χ2n) is 6.61. The third kappa shape index (κ3) is 1.57. The van der Waals surface area contributed by atoms with Gasteiger partial charge in [-0.1, -0.05) is 24.3 Å². The number of hydrogen-bond donors (Lipinski definition) is 0. The summed E-state index contributed by atoms with van der Waals surface area (Å²) in [5.41, 5.74) is -1.92. The molecule has 0 aromatic rings. The summed E-state index contributed by atoms with van der Waals surface area (Å²) < 4.78 is 5.07. The maximum atomic E-state index is 12.3. The molecule has 4 unspecified atom stereocenters. The maximum Gasteiger partial charge on any atom is 0.324 e. The minimum atomic E-state index is -0.960. The van der Waals surface area contributed by atoms with Crippen molar-refractivity contribution in [2.45, 2.75) is 25.7 Å². The number of carbonyl (C=O) groups is 4. The van der Waals surface area contributed by atoms with Crippen LogP contribution in [0.2, 0.25) is 0 Å². The normalized spacial score (nSPS) is 42.1. The Hall–Kier alpha value is -2.04. The Balaban J connectivity index is 1.52. The minimum Gasteiger partial charge on any atom is -0.392 e. The zero-order chi connectivity index (χ0) is 14.8. The zero-order valence-electron chi connectivity index (χ0n) is 11.3. The predicted octanol–water partition coefficient (Wildman–Crippen LogP) is 1.13.